The number of nitrogens with zero attached hydrogens (tertiary/aromatic N) is 5. The van der Waals surface area contributed by atoms with Gasteiger partial charge in [-0.1, -0.05) is 6.07 Å². The van der Waals surface area contributed by atoms with E-state index in [0.717, 1.165) is 65.9 Å². The fraction of sp³-hybridized carbons (Fsp3) is 0.348. The Kier molecular flexibility index (Phi) is 6.66. The third-order valence-corrected chi connectivity index (χ3v) is 6.13. The van der Waals surface area contributed by atoms with Crippen molar-refractivity contribution in [3.8, 4) is 0 Å². The number of nitrogens with one attached hydrogen (secondary N) is 1. The van der Waals surface area contributed by atoms with Crippen molar-refractivity contribution < 1.29 is 4.79 Å². The first-order valence-electron chi connectivity index (χ1n) is 10.5. The fourth-order valence-corrected chi connectivity index (χ4v) is 4.34. The molecule has 1 fully saturated rings. The van der Waals surface area contributed by atoms with E-state index in [1.807, 2.05) is 42.3 Å². The van der Waals surface area contributed by atoms with Crippen molar-refractivity contribution >= 4 is 35.0 Å². The van der Waals surface area contributed by atoms with Gasteiger partial charge in [-0.2, -0.15) is 0 Å². The normalized spacial score (nSPS) is 16.6. The molecule has 1 amide bonds. The lowest BCUT2D eigenvalue weighted by Gasteiger charge is -2.32. The number of piperidine rings is 1. The van der Waals surface area contributed by atoms with Gasteiger partial charge >= 0.3 is 0 Å². The van der Waals surface area contributed by atoms with Crippen molar-refractivity contribution in [3.63, 3.8) is 0 Å². The second-order valence-corrected chi connectivity index (χ2v) is 8.87. The molecule has 1 unspecified atom stereocenters. The predicted octanol–water partition coefficient (Wildman–Crippen LogP) is 4.18. The van der Waals surface area contributed by atoms with Crippen LogP contribution in [0.15, 0.2) is 42.2 Å². The predicted molar refractivity (Wildman–Crippen MR) is 123 cm³/mol. The average Bonchev–Trinajstić information content (AvgIpc) is 3.19. The molecule has 4 rings (SSSR count). The Morgan fingerprint density at radius 1 is 1.32 bits per heavy atom. The largest absolute Gasteiger partial charge is 0.339 e. The zero-order chi connectivity index (χ0) is 21.6. The molecule has 0 spiro atoms. The van der Waals surface area contributed by atoms with E-state index in [-0.39, 0.29) is 5.91 Å². The summed E-state index contributed by atoms with van der Waals surface area (Å²) in [7, 11) is 0. The van der Waals surface area contributed by atoms with Gasteiger partial charge in [0.2, 0.25) is 5.91 Å². The molecular formula is C23H26N6OS. The average molecular weight is 435 g/mol. The van der Waals surface area contributed by atoms with Crippen LogP contribution in [0.3, 0.4) is 0 Å². The first-order valence-corrected chi connectivity index (χ1v) is 11.3. The number of hydrogen-bond donors (Lipinski definition) is 1. The van der Waals surface area contributed by atoms with Crippen LogP contribution in [0.5, 0.6) is 0 Å². The van der Waals surface area contributed by atoms with Gasteiger partial charge in [-0.05, 0) is 56.7 Å². The molecular weight excluding hydrogens is 408 g/mol. The first-order chi connectivity index (χ1) is 15.1. The number of amides is 1. The van der Waals surface area contributed by atoms with Gasteiger partial charge in [0.05, 0.1) is 10.7 Å². The molecule has 1 aliphatic rings. The minimum atomic E-state index is 0.0472. The Hall–Kier alpha value is -3.13. The molecule has 0 saturated carbocycles. The Morgan fingerprint density at radius 2 is 2.23 bits per heavy atom. The van der Waals surface area contributed by atoms with E-state index in [1.54, 1.807) is 36.0 Å². The Bertz CT molecular complexity index is 1080. The lowest BCUT2D eigenvalue weighted by Crippen LogP contribution is -2.39. The lowest BCUT2D eigenvalue weighted by atomic mass is 9.93. The zero-order valence-electron chi connectivity index (χ0n) is 17.8. The maximum atomic E-state index is 12.6. The number of carbonyl (C=O) groups excluding carboxylic acids is 1. The van der Waals surface area contributed by atoms with Crippen LogP contribution in [-0.4, -0.2) is 43.8 Å². The van der Waals surface area contributed by atoms with Crippen LogP contribution in [0.25, 0.3) is 6.08 Å². The quantitative estimate of drug-likeness (QED) is 0.586. The van der Waals surface area contributed by atoms with Crippen LogP contribution in [-0.2, 0) is 11.2 Å². The summed E-state index contributed by atoms with van der Waals surface area (Å²) in [4.78, 5) is 32.1. The van der Waals surface area contributed by atoms with Crippen molar-refractivity contribution in [2.45, 2.75) is 33.1 Å². The smallest absolute Gasteiger partial charge is 0.246 e. The minimum Gasteiger partial charge on any atom is -0.339 e. The molecule has 0 bridgehead atoms. The minimum absolute atomic E-state index is 0.0472. The van der Waals surface area contributed by atoms with Gasteiger partial charge in [-0.25, -0.2) is 19.9 Å². The van der Waals surface area contributed by atoms with E-state index in [0.29, 0.717) is 5.92 Å². The molecule has 1 aliphatic heterocycles. The fourth-order valence-electron chi connectivity index (χ4n) is 3.76. The van der Waals surface area contributed by atoms with Crippen LogP contribution in [0, 0.1) is 19.8 Å². The number of rotatable bonds is 6. The van der Waals surface area contributed by atoms with Crippen molar-refractivity contribution in [2.75, 3.05) is 18.4 Å². The van der Waals surface area contributed by atoms with Crippen LogP contribution in [0.1, 0.15) is 34.8 Å². The van der Waals surface area contributed by atoms with Crippen LogP contribution >= 0.6 is 11.3 Å². The van der Waals surface area contributed by atoms with Gasteiger partial charge in [0.25, 0.3) is 0 Å². The second-order valence-electron chi connectivity index (χ2n) is 7.81. The standard InChI is InChI=1S/C23H26N6OS/c1-16-5-3-9-24-23(16)28-21-12-20(25-15-26-21)11-18-6-4-10-29(13-18)22(30)8-7-19-14-31-17(2)27-19/h3,5,7-9,12,14-15,18H,4,6,10-11,13H2,1-2H3,(H,24,25,26,28). The van der Waals surface area contributed by atoms with Gasteiger partial charge in [0.15, 0.2) is 0 Å². The van der Waals surface area contributed by atoms with Crippen LogP contribution in [0.4, 0.5) is 11.6 Å². The number of hydrogen-bond acceptors (Lipinski definition) is 7. The van der Waals surface area contributed by atoms with E-state index < -0.39 is 0 Å². The highest BCUT2D eigenvalue weighted by atomic mass is 32.1. The Balaban J connectivity index is 1.36. The Labute approximate surface area is 186 Å². The monoisotopic (exact) mass is 434 g/mol. The highest BCUT2D eigenvalue weighted by Crippen LogP contribution is 2.22. The highest BCUT2D eigenvalue weighted by Gasteiger charge is 2.23. The van der Waals surface area contributed by atoms with Gasteiger partial charge < -0.3 is 10.2 Å². The summed E-state index contributed by atoms with van der Waals surface area (Å²) in [6.45, 7) is 5.51. The number of aryl methyl sites for hydroxylation is 2. The van der Waals surface area contributed by atoms with Crippen LogP contribution in [0.2, 0.25) is 0 Å². The summed E-state index contributed by atoms with van der Waals surface area (Å²) < 4.78 is 0. The molecule has 0 aliphatic carbocycles. The molecule has 1 saturated heterocycles. The SMILES string of the molecule is Cc1nc(C=CC(=O)N2CCCC(Cc3cc(Nc4ncccc4C)ncn3)C2)cs1. The van der Waals surface area contributed by atoms with Crippen molar-refractivity contribution in [2.24, 2.45) is 5.92 Å². The third kappa shape index (κ3) is 5.73. The Morgan fingerprint density at radius 3 is 3.03 bits per heavy atom. The third-order valence-electron chi connectivity index (χ3n) is 5.34. The maximum absolute atomic E-state index is 12.6. The highest BCUT2D eigenvalue weighted by molar-refractivity contribution is 7.09. The molecule has 1 atom stereocenters. The zero-order valence-corrected chi connectivity index (χ0v) is 18.6. The number of likely N-dealkylation sites (tertiary alicyclic amines) is 1. The molecule has 1 N–H and O–H groups in total. The molecule has 160 valence electrons. The summed E-state index contributed by atoms with van der Waals surface area (Å²) in [5.41, 5.74) is 2.87. The van der Waals surface area contributed by atoms with E-state index in [9.17, 15) is 4.79 Å². The van der Waals surface area contributed by atoms with E-state index >= 15 is 0 Å². The number of aromatic nitrogens is 4. The first kappa shape index (κ1) is 21.1. The molecule has 4 heterocycles. The summed E-state index contributed by atoms with van der Waals surface area (Å²) in [5, 5.41) is 6.24. The number of anilines is 2. The maximum Gasteiger partial charge on any atom is 0.246 e. The van der Waals surface area contributed by atoms with Crippen molar-refractivity contribution in [1.29, 1.82) is 0 Å². The van der Waals surface area contributed by atoms with E-state index in [4.69, 9.17) is 0 Å². The van der Waals surface area contributed by atoms with Crippen molar-refractivity contribution in [1.82, 2.24) is 24.8 Å². The second kappa shape index (κ2) is 9.78. The molecule has 8 heteroatoms. The molecule has 3 aromatic heterocycles. The van der Waals surface area contributed by atoms with Gasteiger partial charge in [-0.3, -0.25) is 4.79 Å². The number of pyridine rings is 1. The number of thiazole rings is 1. The lowest BCUT2D eigenvalue weighted by molar-refractivity contribution is -0.127. The summed E-state index contributed by atoms with van der Waals surface area (Å²) >= 11 is 1.59. The number of carbonyl (C=O) groups is 1. The molecule has 0 aromatic carbocycles. The topological polar surface area (TPSA) is 83.9 Å². The molecule has 31 heavy (non-hydrogen) atoms. The summed E-state index contributed by atoms with van der Waals surface area (Å²) in [6, 6.07) is 5.89. The van der Waals surface area contributed by atoms with Gasteiger partial charge in [-0.15, -0.1) is 11.3 Å². The summed E-state index contributed by atoms with van der Waals surface area (Å²) in [6.07, 6.45) is 9.69. The van der Waals surface area contributed by atoms with Crippen LogP contribution < -0.4 is 5.32 Å². The summed E-state index contributed by atoms with van der Waals surface area (Å²) in [5.74, 6) is 1.96. The van der Waals surface area contributed by atoms with Gasteiger partial charge in [0, 0.05) is 42.5 Å². The van der Waals surface area contributed by atoms with E-state index in [1.165, 1.54) is 0 Å². The molecule has 7 nitrogen and oxygen atoms in total. The van der Waals surface area contributed by atoms with E-state index in [2.05, 4.69) is 25.3 Å². The van der Waals surface area contributed by atoms with Crippen molar-refractivity contribution in [3.05, 3.63) is 64.1 Å². The van der Waals surface area contributed by atoms with Gasteiger partial charge in [0.1, 0.15) is 18.0 Å². The molecule has 3 aromatic rings. The molecule has 0 radical (unpaired) electrons.